The van der Waals surface area contributed by atoms with Crippen LogP contribution in [0.4, 0.5) is 17.1 Å². The molecular formula is C38H22N2S2. The number of hydrogen-bond donors (Lipinski definition) is 1. The van der Waals surface area contributed by atoms with E-state index in [1.165, 1.54) is 72.9 Å². The number of anilines is 3. The molecule has 0 saturated carbocycles. The molecule has 10 rings (SSSR count). The van der Waals surface area contributed by atoms with Crippen molar-refractivity contribution in [1.29, 1.82) is 0 Å². The number of aromatic amines is 1. The fourth-order valence-electron chi connectivity index (χ4n) is 7.00. The van der Waals surface area contributed by atoms with Crippen molar-refractivity contribution >= 4 is 113 Å². The summed E-state index contributed by atoms with van der Waals surface area (Å²) in [6, 6.07) is 46.5. The maximum absolute atomic E-state index is 3.81. The lowest BCUT2D eigenvalue weighted by Gasteiger charge is -2.25. The Bertz CT molecular complexity index is 2580. The topological polar surface area (TPSA) is 19.0 Å². The van der Waals surface area contributed by atoms with Crippen molar-refractivity contribution in [1.82, 2.24) is 4.98 Å². The molecule has 0 atom stereocenters. The van der Waals surface area contributed by atoms with E-state index in [-0.39, 0.29) is 0 Å². The molecule has 3 aromatic heterocycles. The number of thiophene rings is 2. The zero-order valence-electron chi connectivity index (χ0n) is 22.4. The van der Waals surface area contributed by atoms with Crippen LogP contribution in [0.15, 0.2) is 127 Å². The average Bonchev–Trinajstić information content (AvgIpc) is 3.71. The van der Waals surface area contributed by atoms with Gasteiger partial charge in [0.05, 0.1) is 0 Å². The highest BCUT2D eigenvalue weighted by Crippen LogP contribution is 2.49. The number of hydrogen-bond acceptors (Lipinski definition) is 3. The van der Waals surface area contributed by atoms with Crippen LogP contribution in [0.5, 0.6) is 0 Å². The Balaban J connectivity index is 1.29. The fourth-order valence-corrected chi connectivity index (χ4v) is 9.30. The van der Waals surface area contributed by atoms with E-state index in [9.17, 15) is 0 Å². The van der Waals surface area contributed by atoms with E-state index in [1.807, 2.05) is 22.7 Å². The van der Waals surface area contributed by atoms with Crippen molar-refractivity contribution in [3.8, 4) is 0 Å². The average molecular weight is 571 g/mol. The van der Waals surface area contributed by atoms with E-state index >= 15 is 0 Å². The van der Waals surface area contributed by atoms with E-state index in [2.05, 4.69) is 137 Å². The minimum Gasteiger partial charge on any atom is -0.354 e. The van der Waals surface area contributed by atoms with Gasteiger partial charge < -0.3 is 9.88 Å². The van der Waals surface area contributed by atoms with Gasteiger partial charge in [0.25, 0.3) is 0 Å². The van der Waals surface area contributed by atoms with Crippen LogP contribution >= 0.6 is 22.7 Å². The lowest BCUT2D eigenvalue weighted by atomic mass is 9.96. The predicted octanol–water partition coefficient (Wildman–Crippen LogP) is 12.1. The molecule has 3 heterocycles. The Morgan fingerprint density at radius 2 is 0.929 bits per heavy atom. The van der Waals surface area contributed by atoms with Crippen LogP contribution in [0.25, 0.3) is 72.9 Å². The molecule has 0 spiro atoms. The van der Waals surface area contributed by atoms with Crippen molar-refractivity contribution < 1.29 is 0 Å². The second kappa shape index (κ2) is 8.32. The zero-order valence-corrected chi connectivity index (χ0v) is 24.0. The van der Waals surface area contributed by atoms with Crippen molar-refractivity contribution in [2.75, 3.05) is 4.90 Å². The number of nitrogens with one attached hydrogen (secondary N) is 1. The van der Waals surface area contributed by atoms with Gasteiger partial charge in [-0.1, -0.05) is 66.7 Å². The molecule has 196 valence electrons. The number of benzene rings is 7. The maximum atomic E-state index is 3.81. The second-order valence-electron chi connectivity index (χ2n) is 11.0. The highest BCUT2D eigenvalue weighted by atomic mass is 32.1. The van der Waals surface area contributed by atoms with Gasteiger partial charge in [0.1, 0.15) is 0 Å². The van der Waals surface area contributed by atoms with Gasteiger partial charge in [-0.3, -0.25) is 0 Å². The number of nitrogens with zero attached hydrogens (tertiary/aromatic N) is 1. The van der Waals surface area contributed by atoms with Crippen LogP contribution in [0.2, 0.25) is 0 Å². The maximum Gasteiger partial charge on any atom is 0.0485 e. The Labute approximate surface area is 249 Å². The standard InChI is InChI=1S/C38H22N2S2/c1-3-9-22(10-4-1)40(23-11-5-2-6-12-23)24-15-18-32-28(19-24)36-27-17-16-26-35-25-13-7-8-14-31(25)41-33(35)20-29-37(26)38(27)30(39-29)21-34(36)42-32/h1-21,39H. The zero-order chi connectivity index (χ0) is 27.4. The van der Waals surface area contributed by atoms with Crippen LogP contribution in [0, 0.1) is 0 Å². The van der Waals surface area contributed by atoms with Crippen LogP contribution in [-0.4, -0.2) is 4.98 Å². The van der Waals surface area contributed by atoms with Crippen LogP contribution in [-0.2, 0) is 0 Å². The third kappa shape index (κ3) is 3.03. The summed E-state index contributed by atoms with van der Waals surface area (Å²) in [5, 5.41) is 10.8. The van der Waals surface area contributed by atoms with Gasteiger partial charge in [0.15, 0.2) is 0 Å². The Morgan fingerprint density at radius 3 is 1.57 bits per heavy atom. The molecule has 42 heavy (non-hydrogen) atoms. The highest BCUT2D eigenvalue weighted by Gasteiger charge is 2.21. The Kier molecular flexibility index (Phi) is 4.51. The molecule has 4 heteroatoms. The van der Waals surface area contributed by atoms with Crippen LogP contribution in [0.1, 0.15) is 0 Å². The van der Waals surface area contributed by atoms with E-state index in [1.54, 1.807) is 0 Å². The molecule has 0 fully saturated rings. The molecular weight excluding hydrogens is 549 g/mol. The summed E-state index contributed by atoms with van der Waals surface area (Å²) >= 11 is 3.77. The smallest absolute Gasteiger partial charge is 0.0485 e. The number of aromatic nitrogens is 1. The summed E-state index contributed by atoms with van der Waals surface area (Å²) in [6.45, 7) is 0. The van der Waals surface area contributed by atoms with Gasteiger partial charge in [0.2, 0.25) is 0 Å². The van der Waals surface area contributed by atoms with Gasteiger partial charge in [-0.2, -0.15) is 0 Å². The van der Waals surface area contributed by atoms with Gasteiger partial charge in [0, 0.05) is 79.2 Å². The summed E-state index contributed by atoms with van der Waals surface area (Å²) in [5.41, 5.74) is 5.92. The minimum absolute atomic E-state index is 1.15. The first-order chi connectivity index (χ1) is 20.8. The molecule has 10 aromatic rings. The van der Waals surface area contributed by atoms with E-state index in [0.29, 0.717) is 0 Å². The minimum atomic E-state index is 1.15. The van der Waals surface area contributed by atoms with Crippen LogP contribution < -0.4 is 4.90 Å². The monoisotopic (exact) mass is 570 g/mol. The predicted molar refractivity (Wildman–Crippen MR) is 185 cm³/mol. The quantitative estimate of drug-likeness (QED) is 0.209. The van der Waals surface area contributed by atoms with E-state index < -0.39 is 0 Å². The molecule has 7 aromatic carbocycles. The number of H-pyrrole nitrogens is 1. The SMILES string of the molecule is c1ccc(N(c2ccccc2)c2ccc3sc4cc5[nH]c6cc7sc8ccccc8c7c7ccc(c4c3c2)c5c67)cc1. The first-order valence-corrected chi connectivity index (χ1v) is 15.8. The van der Waals surface area contributed by atoms with Crippen molar-refractivity contribution in [2.45, 2.75) is 0 Å². The summed E-state index contributed by atoms with van der Waals surface area (Å²) in [6.07, 6.45) is 0. The molecule has 0 radical (unpaired) electrons. The molecule has 1 N–H and O–H groups in total. The Hall–Kier alpha value is -4.90. The lowest BCUT2D eigenvalue weighted by Crippen LogP contribution is -2.09. The molecule has 0 aliphatic carbocycles. The molecule has 0 aliphatic heterocycles. The number of para-hydroxylation sites is 2. The molecule has 0 unspecified atom stereocenters. The Morgan fingerprint density at radius 1 is 0.381 bits per heavy atom. The normalized spacial score (nSPS) is 12.3. The molecule has 0 bridgehead atoms. The first kappa shape index (κ1) is 22.8. The largest absolute Gasteiger partial charge is 0.354 e. The van der Waals surface area contributed by atoms with Crippen molar-refractivity contribution in [2.24, 2.45) is 0 Å². The molecule has 0 saturated heterocycles. The van der Waals surface area contributed by atoms with Gasteiger partial charge in [-0.15, -0.1) is 22.7 Å². The fraction of sp³-hybridized carbons (Fsp3) is 0. The first-order valence-electron chi connectivity index (χ1n) is 14.2. The lowest BCUT2D eigenvalue weighted by molar-refractivity contribution is 1.29. The molecule has 2 nitrogen and oxygen atoms in total. The summed E-state index contributed by atoms with van der Waals surface area (Å²) in [7, 11) is 0. The number of rotatable bonds is 3. The van der Waals surface area contributed by atoms with Crippen LogP contribution in [0.3, 0.4) is 0 Å². The number of fused-ring (bicyclic) bond motifs is 8. The van der Waals surface area contributed by atoms with Gasteiger partial charge in [-0.05, 0) is 71.4 Å². The summed E-state index contributed by atoms with van der Waals surface area (Å²) in [5.74, 6) is 0. The summed E-state index contributed by atoms with van der Waals surface area (Å²) < 4.78 is 5.33. The summed E-state index contributed by atoms with van der Waals surface area (Å²) in [4.78, 5) is 6.16. The van der Waals surface area contributed by atoms with Crippen molar-refractivity contribution in [3.63, 3.8) is 0 Å². The third-order valence-electron chi connectivity index (χ3n) is 8.71. The van der Waals surface area contributed by atoms with Crippen molar-refractivity contribution in [3.05, 3.63) is 127 Å². The van der Waals surface area contributed by atoms with Gasteiger partial charge in [-0.25, -0.2) is 0 Å². The second-order valence-corrected chi connectivity index (χ2v) is 13.2. The van der Waals surface area contributed by atoms with Gasteiger partial charge >= 0.3 is 0 Å². The highest BCUT2D eigenvalue weighted by molar-refractivity contribution is 7.26. The third-order valence-corrected chi connectivity index (χ3v) is 10.9. The molecule has 0 aliphatic rings. The van der Waals surface area contributed by atoms with E-state index in [4.69, 9.17) is 0 Å². The van der Waals surface area contributed by atoms with E-state index in [0.717, 1.165) is 17.1 Å². The molecule has 0 amide bonds.